The maximum atomic E-state index is 11.0. The fourth-order valence-electron chi connectivity index (χ4n) is 4.70. The third kappa shape index (κ3) is 4.10. The van der Waals surface area contributed by atoms with Crippen LogP contribution in [-0.4, -0.2) is 44.8 Å². The Balaban J connectivity index is 1.42. The van der Waals surface area contributed by atoms with E-state index in [4.69, 9.17) is 4.74 Å². The molecule has 0 bridgehead atoms. The summed E-state index contributed by atoms with van der Waals surface area (Å²) >= 11 is 1.52. The third-order valence-electron chi connectivity index (χ3n) is 6.37. The van der Waals surface area contributed by atoms with Crippen molar-refractivity contribution in [3.63, 3.8) is 0 Å². The normalized spacial score (nSPS) is 16.4. The van der Waals surface area contributed by atoms with Gasteiger partial charge in [-0.25, -0.2) is 4.98 Å². The number of aromatic hydroxyl groups is 1. The average molecular weight is 449 g/mol. The summed E-state index contributed by atoms with van der Waals surface area (Å²) in [6.07, 6.45) is 3.41. The van der Waals surface area contributed by atoms with Crippen LogP contribution in [0.2, 0.25) is 0 Å². The summed E-state index contributed by atoms with van der Waals surface area (Å²) in [6.45, 7) is 3.82. The van der Waals surface area contributed by atoms with Crippen LogP contribution >= 0.6 is 11.3 Å². The van der Waals surface area contributed by atoms with Crippen molar-refractivity contribution in [3.8, 4) is 11.6 Å². The zero-order valence-corrected chi connectivity index (χ0v) is 19.3. The second kappa shape index (κ2) is 8.92. The minimum Gasteiger partial charge on any atom is -0.497 e. The highest BCUT2D eigenvalue weighted by Crippen LogP contribution is 2.41. The maximum absolute atomic E-state index is 11.0. The SMILES string of the molecule is COc1ccc([C@H](c2sc3nc(C)nn3c2O)N2CCC(Cc3ccccc3)CC2)cc1. The Bertz CT molecular complexity index is 1180. The third-order valence-corrected chi connectivity index (χ3v) is 7.44. The molecule has 1 aliphatic rings. The molecule has 5 rings (SSSR count). The van der Waals surface area contributed by atoms with Gasteiger partial charge in [0, 0.05) is 0 Å². The predicted octanol–water partition coefficient (Wildman–Crippen LogP) is 4.86. The summed E-state index contributed by atoms with van der Waals surface area (Å²) in [4.78, 5) is 8.59. The van der Waals surface area contributed by atoms with Crippen LogP contribution in [0, 0.1) is 12.8 Å². The average Bonchev–Trinajstić information content (AvgIpc) is 3.33. The van der Waals surface area contributed by atoms with E-state index in [2.05, 4.69) is 57.4 Å². The molecule has 1 saturated heterocycles. The van der Waals surface area contributed by atoms with Crippen LogP contribution in [0.4, 0.5) is 0 Å². The van der Waals surface area contributed by atoms with Gasteiger partial charge in [-0.2, -0.15) is 4.52 Å². The number of aryl methyl sites for hydroxylation is 1. The number of hydrogen-bond acceptors (Lipinski definition) is 6. The van der Waals surface area contributed by atoms with Crippen molar-refractivity contribution in [1.82, 2.24) is 19.5 Å². The van der Waals surface area contributed by atoms with Crippen molar-refractivity contribution in [3.05, 3.63) is 76.4 Å². The Morgan fingerprint density at radius 1 is 1.09 bits per heavy atom. The van der Waals surface area contributed by atoms with Crippen LogP contribution in [0.3, 0.4) is 0 Å². The number of benzene rings is 2. The lowest BCUT2D eigenvalue weighted by molar-refractivity contribution is 0.150. The van der Waals surface area contributed by atoms with E-state index < -0.39 is 0 Å². The number of likely N-dealkylation sites (tertiary alicyclic amines) is 1. The van der Waals surface area contributed by atoms with Crippen LogP contribution in [0.5, 0.6) is 11.6 Å². The summed E-state index contributed by atoms with van der Waals surface area (Å²) in [6, 6.07) is 18.9. The monoisotopic (exact) mass is 448 g/mol. The van der Waals surface area contributed by atoms with Gasteiger partial charge < -0.3 is 9.84 Å². The van der Waals surface area contributed by atoms with Gasteiger partial charge in [-0.15, -0.1) is 5.10 Å². The number of rotatable bonds is 6. The molecular weight excluding hydrogens is 420 g/mol. The lowest BCUT2D eigenvalue weighted by atomic mass is 9.89. The molecule has 0 radical (unpaired) electrons. The van der Waals surface area contributed by atoms with Gasteiger partial charge in [0.2, 0.25) is 10.8 Å². The fourth-order valence-corrected chi connectivity index (χ4v) is 5.87. The Morgan fingerprint density at radius 2 is 1.81 bits per heavy atom. The van der Waals surface area contributed by atoms with E-state index in [1.807, 2.05) is 19.1 Å². The topological polar surface area (TPSA) is 62.9 Å². The minimum absolute atomic E-state index is 0.0348. The van der Waals surface area contributed by atoms with E-state index in [1.165, 1.54) is 16.9 Å². The van der Waals surface area contributed by atoms with Crippen LogP contribution in [0.1, 0.15) is 40.7 Å². The molecule has 1 N–H and O–H groups in total. The molecule has 7 heteroatoms. The summed E-state index contributed by atoms with van der Waals surface area (Å²) < 4.78 is 6.92. The number of ether oxygens (including phenoxy) is 1. The van der Waals surface area contributed by atoms with E-state index >= 15 is 0 Å². The standard InChI is InChI=1S/C25H28N4O2S/c1-17-26-25-29(27-17)24(30)23(32-25)22(20-8-10-21(31-2)11-9-20)28-14-12-19(13-15-28)16-18-6-4-3-5-7-18/h3-11,19,22,30H,12-16H2,1-2H3/t22-/m1/s1. The van der Waals surface area contributed by atoms with Crippen molar-refractivity contribution >= 4 is 16.3 Å². The van der Waals surface area contributed by atoms with Crippen LogP contribution in [0.25, 0.3) is 4.96 Å². The van der Waals surface area contributed by atoms with Crippen molar-refractivity contribution in [2.45, 2.75) is 32.2 Å². The maximum Gasteiger partial charge on any atom is 0.230 e. The number of fused-ring (bicyclic) bond motifs is 1. The first-order chi connectivity index (χ1) is 15.6. The van der Waals surface area contributed by atoms with Crippen molar-refractivity contribution < 1.29 is 9.84 Å². The molecular formula is C25H28N4O2S. The molecule has 166 valence electrons. The molecule has 0 spiro atoms. The largest absolute Gasteiger partial charge is 0.497 e. The molecule has 1 aliphatic heterocycles. The van der Waals surface area contributed by atoms with Gasteiger partial charge in [-0.1, -0.05) is 53.8 Å². The van der Waals surface area contributed by atoms with Gasteiger partial charge >= 0.3 is 0 Å². The Hall–Kier alpha value is -2.90. The molecule has 2 aromatic carbocycles. The lowest BCUT2D eigenvalue weighted by Crippen LogP contribution is -2.37. The second-order valence-electron chi connectivity index (χ2n) is 8.49. The Labute approximate surface area is 192 Å². The molecule has 0 amide bonds. The lowest BCUT2D eigenvalue weighted by Gasteiger charge is -2.37. The van der Waals surface area contributed by atoms with Gasteiger partial charge in [-0.3, -0.25) is 4.90 Å². The number of aromatic nitrogens is 3. The number of thiazole rings is 1. The van der Waals surface area contributed by atoms with Gasteiger partial charge in [0.05, 0.1) is 18.0 Å². The van der Waals surface area contributed by atoms with E-state index in [0.29, 0.717) is 11.7 Å². The number of nitrogens with zero attached hydrogens (tertiary/aromatic N) is 4. The Morgan fingerprint density at radius 3 is 2.47 bits per heavy atom. The van der Waals surface area contributed by atoms with Crippen LogP contribution < -0.4 is 4.74 Å². The van der Waals surface area contributed by atoms with E-state index in [9.17, 15) is 5.11 Å². The number of hydrogen-bond donors (Lipinski definition) is 1. The molecule has 32 heavy (non-hydrogen) atoms. The fraction of sp³-hybridized carbons (Fsp3) is 0.360. The first kappa shape index (κ1) is 21.0. The summed E-state index contributed by atoms with van der Waals surface area (Å²) in [5, 5.41) is 15.4. The van der Waals surface area contributed by atoms with E-state index in [1.54, 1.807) is 11.6 Å². The van der Waals surface area contributed by atoms with Gasteiger partial charge in [-0.05, 0) is 68.5 Å². The van der Waals surface area contributed by atoms with Crippen molar-refractivity contribution in [2.24, 2.45) is 5.92 Å². The smallest absolute Gasteiger partial charge is 0.230 e. The molecule has 3 heterocycles. The summed E-state index contributed by atoms with van der Waals surface area (Å²) in [5.41, 5.74) is 2.56. The highest BCUT2D eigenvalue weighted by molar-refractivity contribution is 7.17. The summed E-state index contributed by atoms with van der Waals surface area (Å²) in [5.74, 6) is 2.37. The molecule has 2 aromatic heterocycles. The predicted molar refractivity (Wildman–Crippen MR) is 127 cm³/mol. The van der Waals surface area contributed by atoms with Crippen molar-refractivity contribution in [2.75, 3.05) is 20.2 Å². The molecule has 1 atom stereocenters. The zero-order chi connectivity index (χ0) is 22.1. The first-order valence-electron chi connectivity index (χ1n) is 11.1. The van der Waals surface area contributed by atoms with E-state index in [-0.39, 0.29) is 11.9 Å². The van der Waals surface area contributed by atoms with Gasteiger partial charge in [0.25, 0.3) is 0 Å². The van der Waals surface area contributed by atoms with Gasteiger partial charge in [0.15, 0.2) is 0 Å². The molecule has 0 aliphatic carbocycles. The van der Waals surface area contributed by atoms with Crippen LogP contribution in [-0.2, 0) is 6.42 Å². The molecule has 6 nitrogen and oxygen atoms in total. The second-order valence-corrected chi connectivity index (χ2v) is 9.50. The zero-order valence-electron chi connectivity index (χ0n) is 18.4. The number of methoxy groups -OCH3 is 1. The number of piperidine rings is 1. The molecule has 1 fully saturated rings. The van der Waals surface area contributed by atoms with E-state index in [0.717, 1.165) is 53.5 Å². The molecule has 0 saturated carbocycles. The Kier molecular flexibility index (Phi) is 5.85. The highest BCUT2D eigenvalue weighted by atomic mass is 32.1. The van der Waals surface area contributed by atoms with Gasteiger partial charge in [0.1, 0.15) is 11.6 Å². The summed E-state index contributed by atoms with van der Waals surface area (Å²) in [7, 11) is 1.68. The first-order valence-corrected chi connectivity index (χ1v) is 11.9. The molecule has 4 aromatic rings. The minimum atomic E-state index is -0.0348. The molecule has 0 unspecified atom stereocenters. The highest BCUT2D eigenvalue weighted by Gasteiger charge is 2.32. The van der Waals surface area contributed by atoms with Crippen LogP contribution in [0.15, 0.2) is 54.6 Å². The van der Waals surface area contributed by atoms with Crippen molar-refractivity contribution in [1.29, 1.82) is 0 Å². The quantitative estimate of drug-likeness (QED) is 0.457.